The van der Waals surface area contributed by atoms with E-state index in [4.69, 9.17) is 9.47 Å². The van der Waals surface area contributed by atoms with Gasteiger partial charge in [0.25, 0.3) is 0 Å². The second-order valence-corrected chi connectivity index (χ2v) is 9.61. The summed E-state index contributed by atoms with van der Waals surface area (Å²) in [5, 5.41) is 0. The number of benzene rings is 2. The molecule has 1 aliphatic heterocycles. The Kier molecular flexibility index (Phi) is 5.55. The van der Waals surface area contributed by atoms with E-state index in [0.717, 1.165) is 47.2 Å². The number of hydrogen-bond donors (Lipinski definition) is 0. The molecule has 28 heavy (non-hydrogen) atoms. The predicted molar refractivity (Wildman–Crippen MR) is 106 cm³/mol. The lowest BCUT2D eigenvalue weighted by atomic mass is 9.80. The largest absolute Gasteiger partial charge is 0.416 e. The maximum atomic E-state index is 12.9. The van der Waals surface area contributed by atoms with Crippen molar-refractivity contribution >= 4 is 27.7 Å². The van der Waals surface area contributed by atoms with E-state index in [1.54, 1.807) is 23.9 Å². The first-order valence-electron chi connectivity index (χ1n) is 9.21. The molecular weight excluding hydrogens is 453 g/mol. The van der Waals surface area contributed by atoms with Gasteiger partial charge in [0.15, 0.2) is 5.79 Å². The summed E-state index contributed by atoms with van der Waals surface area (Å²) in [6.45, 7) is 1.24. The van der Waals surface area contributed by atoms with Gasteiger partial charge in [-0.05, 0) is 54.8 Å². The summed E-state index contributed by atoms with van der Waals surface area (Å²) in [5.41, 5.74) is 0.554. The van der Waals surface area contributed by atoms with Crippen molar-refractivity contribution in [3.05, 3.63) is 64.1 Å². The van der Waals surface area contributed by atoms with E-state index < -0.39 is 17.5 Å². The molecule has 1 aliphatic carbocycles. The fourth-order valence-corrected chi connectivity index (χ4v) is 5.61. The summed E-state index contributed by atoms with van der Waals surface area (Å²) in [4.78, 5) is 0.833. The minimum atomic E-state index is -4.32. The van der Waals surface area contributed by atoms with E-state index in [0.29, 0.717) is 13.2 Å². The van der Waals surface area contributed by atoms with Gasteiger partial charge in [-0.3, -0.25) is 0 Å². The molecule has 0 atom stereocenters. The zero-order valence-electron chi connectivity index (χ0n) is 15.1. The van der Waals surface area contributed by atoms with Crippen LogP contribution in [0.3, 0.4) is 0 Å². The van der Waals surface area contributed by atoms with Gasteiger partial charge in [-0.25, -0.2) is 0 Å². The van der Waals surface area contributed by atoms with E-state index in [9.17, 15) is 13.2 Å². The standard InChI is InChI=1S/C21H20BrF3O2S/c22-17-5-1-15(2-6-17)19(9-11-20(12-10-19)26-13-14-27-20)28-18-7-3-16(4-8-18)21(23,24)25/h1-8H,9-14H2. The Bertz CT molecular complexity index is 805. The molecule has 0 bridgehead atoms. The van der Waals surface area contributed by atoms with E-state index in [1.807, 2.05) is 12.1 Å². The fourth-order valence-electron chi connectivity index (χ4n) is 3.96. The molecule has 0 amide bonds. The van der Waals surface area contributed by atoms with Gasteiger partial charge in [-0.2, -0.15) is 13.2 Å². The predicted octanol–water partition coefficient (Wildman–Crippen LogP) is 6.77. The van der Waals surface area contributed by atoms with Gasteiger partial charge in [0.2, 0.25) is 0 Å². The summed E-state index contributed by atoms with van der Waals surface area (Å²) < 4.78 is 51.2. The van der Waals surface area contributed by atoms with Crippen LogP contribution >= 0.6 is 27.7 Å². The van der Waals surface area contributed by atoms with E-state index in [-0.39, 0.29) is 4.75 Å². The fraction of sp³-hybridized carbons (Fsp3) is 0.429. The summed E-state index contributed by atoms with van der Waals surface area (Å²) in [5.74, 6) is -0.487. The molecule has 2 nitrogen and oxygen atoms in total. The van der Waals surface area contributed by atoms with Crippen LogP contribution in [-0.4, -0.2) is 19.0 Å². The van der Waals surface area contributed by atoms with Gasteiger partial charge in [-0.15, -0.1) is 11.8 Å². The molecule has 2 aliphatic rings. The van der Waals surface area contributed by atoms with Crippen molar-refractivity contribution in [3.63, 3.8) is 0 Å². The third kappa shape index (κ3) is 4.13. The van der Waals surface area contributed by atoms with Gasteiger partial charge in [0.1, 0.15) is 0 Å². The van der Waals surface area contributed by atoms with Crippen LogP contribution in [0.15, 0.2) is 57.9 Å². The minimum absolute atomic E-state index is 0.221. The van der Waals surface area contributed by atoms with Crippen molar-refractivity contribution in [3.8, 4) is 0 Å². The summed E-state index contributed by atoms with van der Waals surface area (Å²) in [6.07, 6.45) is -1.10. The lowest BCUT2D eigenvalue weighted by Crippen LogP contribution is -2.40. The molecule has 150 valence electrons. The van der Waals surface area contributed by atoms with Crippen LogP contribution in [0.4, 0.5) is 13.2 Å². The first-order valence-corrected chi connectivity index (χ1v) is 10.8. The molecule has 2 aromatic carbocycles. The van der Waals surface area contributed by atoms with Gasteiger partial charge >= 0.3 is 6.18 Å². The molecule has 1 spiro atoms. The Balaban J connectivity index is 1.61. The second-order valence-electron chi connectivity index (χ2n) is 7.23. The molecule has 0 N–H and O–H groups in total. The van der Waals surface area contributed by atoms with Gasteiger partial charge < -0.3 is 9.47 Å². The Morgan fingerprint density at radius 1 is 0.821 bits per heavy atom. The Labute approximate surface area is 174 Å². The maximum absolute atomic E-state index is 12.9. The third-order valence-corrected chi connectivity index (χ3v) is 7.57. The Hall–Kier alpha value is -1.02. The molecule has 0 aromatic heterocycles. The van der Waals surface area contributed by atoms with Crippen molar-refractivity contribution in [2.45, 2.75) is 47.3 Å². The lowest BCUT2D eigenvalue weighted by molar-refractivity contribution is -0.180. The van der Waals surface area contributed by atoms with Gasteiger partial charge in [-0.1, -0.05) is 28.1 Å². The molecule has 0 unspecified atom stereocenters. The first-order chi connectivity index (χ1) is 13.3. The summed E-state index contributed by atoms with van der Waals surface area (Å²) in [6, 6.07) is 13.7. The van der Waals surface area contributed by atoms with Crippen LogP contribution in [0.25, 0.3) is 0 Å². The lowest BCUT2D eigenvalue weighted by Gasteiger charge is -2.43. The smallest absolute Gasteiger partial charge is 0.348 e. The number of ether oxygens (including phenoxy) is 2. The van der Waals surface area contributed by atoms with Gasteiger partial charge in [0.05, 0.1) is 18.8 Å². The van der Waals surface area contributed by atoms with Crippen LogP contribution in [0.2, 0.25) is 0 Å². The monoisotopic (exact) mass is 472 g/mol. The summed E-state index contributed by atoms with van der Waals surface area (Å²) >= 11 is 5.11. The van der Waals surface area contributed by atoms with E-state index in [2.05, 4.69) is 28.1 Å². The Morgan fingerprint density at radius 3 is 1.93 bits per heavy atom. The zero-order valence-corrected chi connectivity index (χ0v) is 17.5. The Morgan fingerprint density at radius 2 is 1.39 bits per heavy atom. The van der Waals surface area contributed by atoms with Crippen molar-refractivity contribution in [2.75, 3.05) is 13.2 Å². The average molecular weight is 473 g/mol. The highest BCUT2D eigenvalue weighted by Crippen LogP contribution is 2.55. The average Bonchev–Trinajstić information content (AvgIpc) is 3.13. The third-order valence-electron chi connectivity index (χ3n) is 5.50. The zero-order chi connectivity index (χ0) is 19.8. The van der Waals surface area contributed by atoms with Crippen molar-refractivity contribution in [1.82, 2.24) is 0 Å². The number of halogens is 4. The van der Waals surface area contributed by atoms with Crippen molar-refractivity contribution < 1.29 is 22.6 Å². The SMILES string of the molecule is FC(F)(F)c1ccc(SC2(c3ccc(Br)cc3)CCC3(CC2)OCCO3)cc1. The minimum Gasteiger partial charge on any atom is -0.348 e. The highest BCUT2D eigenvalue weighted by molar-refractivity contribution is 9.10. The quantitative estimate of drug-likeness (QED) is 0.490. The second kappa shape index (κ2) is 7.67. The van der Waals surface area contributed by atoms with Crippen LogP contribution in [0.5, 0.6) is 0 Å². The molecule has 1 saturated heterocycles. The van der Waals surface area contributed by atoms with E-state index >= 15 is 0 Å². The first kappa shape index (κ1) is 20.3. The molecular formula is C21H20BrF3O2S. The van der Waals surface area contributed by atoms with Crippen LogP contribution in [-0.2, 0) is 20.4 Å². The van der Waals surface area contributed by atoms with Crippen molar-refractivity contribution in [2.24, 2.45) is 0 Å². The highest BCUT2D eigenvalue weighted by Gasteiger charge is 2.47. The topological polar surface area (TPSA) is 18.5 Å². The van der Waals surface area contributed by atoms with Crippen LogP contribution < -0.4 is 0 Å². The summed E-state index contributed by atoms with van der Waals surface area (Å²) in [7, 11) is 0. The van der Waals surface area contributed by atoms with Crippen LogP contribution in [0.1, 0.15) is 36.8 Å². The van der Waals surface area contributed by atoms with Crippen LogP contribution in [0, 0.1) is 0 Å². The maximum Gasteiger partial charge on any atom is 0.416 e. The molecule has 1 saturated carbocycles. The normalized spacial score (nSPS) is 21.1. The number of alkyl halides is 3. The molecule has 1 heterocycles. The molecule has 2 aromatic rings. The number of hydrogen-bond acceptors (Lipinski definition) is 3. The van der Waals surface area contributed by atoms with Gasteiger partial charge in [0, 0.05) is 27.0 Å². The molecule has 2 fully saturated rings. The molecule has 0 radical (unpaired) electrons. The highest BCUT2D eigenvalue weighted by atomic mass is 79.9. The van der Waals surface area contributed by atoms with Crippen molar-refractivity contribution in [1.29, 1.82) is 0 Å². The molecule has 7 heteroatoms. The number of thioether (sulfide) groups is 1. The van der Waals surface area contributed by atoms with E-state index in [1.165, 1.54) is 5.56 Å². The molecule has 4 rings (SSSR count). The number of rotatable bonds is 3.